The van der Waals surface area contributed by atoms with E-state index in [1.807, 2.05) is 91.0 Å². The summed E-state index contributed by atoms with van der Waals surface area (Å²) in [6, 6.07) is 44.4. The third kappa shape index (κ3) is 5.21. The largest absolute Gasteiger partial charge is 0.455 e. The number of hydrogen-bond donors (Lipinski definition) is 0. The Bertz CT molecular complexity index is 3320. The molecule has 0 N–H and O–H groups in total. The van der Waals surface area contributed by atoms with Crippen molar-refractivity contribution in [1.82, 2.24) is 0 Å². The fourth-order valence-electron chi connectivity index (χ4n) is 7.03. The Morgan fingerprint density at radius 2 is 0.962 bits per heavy atom. The zero-order valence-electron chi connectivity index (χ0n) is 35.8. The van der Waals surface area contributed by atoms with E-state index in [1.165, 1.54) is 4.90 Å². The van der Waals surface area contributed by atoms with Gasteiger partial charge >= 0.3 is 0 Å². The number of fused-ring (bicyclic) bond motifs is 6. The van der Waals surface area contributed by atoms with Crippen molar-refractivity contribution in [3.05, 3.63) is 200 Å². The van der Waals surface area contributed by atoms with E-state index in [1.54, 1.807) is 54.6 Å². The Labute approximate surface area is 313 Å². The van der Waals surface area contributed by atoms with Crippen molar-refractivity contribution in [2.75, 3.05) is 4.90 Å². The van der Waals surface area contributed by atoms with Crippen LogP contribution in [-0.2, 0) is 0 Å². The highest BCUT2D eigenvalue weighted by atomic mass is 16.3. The quantitative estimate of drug-likeness (QED) is 0.175. The number of anilines is 3. The molecule has 0 saturated heterocycles. The molecule has 0 amide bonds. The van der Waals surface area contributed by atoms with Gasteiger partial charge in [0.05, 0.1) is 22.0 Å². The molecule has 0 saturated carbocycles. The van der Waals surface area contributed by atoms with E-state index in [0.717, 1.165) is 32.7 Å². The Hall–Kier alpha value is -6.90. The molecule has 2 nitrogen and oxygen atoms in total. The van der Waals surface area contributed by atoms with Crippen molar-refractivity contribution in [1.29, 1.82) is 0 Å². The molecule has 0 bridgehead atoms. The van der Waals surface area contributed by atoms with Crippen LogP contribution in [-0.4, -0.2) is 0 Å². The van der Waals surface area contributed by atoms with Crippen molar-refractivity contribution in [2.24, 2.45) is 0 Å². The summed E-state index contributed by atoms with van der Waals surface area (Å²) in [7, 11) is 0. The molecule has 52 heavy (non-hydrogen) atoms. The normalized spacial score (nSPS) is 13.6. The molecule has 0 radical (unpaired) electrons. The zero-order valence-corrected chi connectivity index (χ0v) is 27.8. The predicted octanol–water partition coefficient (Wildman–Crippen LogP) is 14.4. The topological polar surface area (TPSA) is 16.4 Å². The van der Waals surface area contributed by atoms with E-state index in [-0.39, 0.29) is 46.7 Å². The highest BCUT2D eigenvalue weighted by Gasteiger charge is 2.20. The van der Waals surface area contributed by atoms with Gasteiger partial charge in [-0.3, -0.25) is 0 Å². The average Bonchev–Trinajstić information content (AvgIpc) is 3.67. The highest BCUT2D eigenvalue weighted by molar-refractivity contribution is 6.19. The van der Waals surface area contributed by atoms with Crippen LogP contribution in [0.1, 0.15) is 11.0 Å². The maximum atomic E-state index is 9.65. The fourth-order valence-corrected chi connectivity index (χ4v) is 7.03. The van der Waals surface area contributed by atoms with E-state index in [9.17, 15) is 11.0 Å². The molecule has 1 heterocycles. The summed E-state index contributed by atoms with van der Waals surface area (Å²) in [5.41, 5.74) is 3.87. The Kier molecular flexibility index (Phi) is 5.45. The molecule has 0 atom stereocenters. The van der Waals surface area contributed by atoms with Gasteiger partial charge in [0.1, 0.15) is 11.2 Å². The molecule has 0 aliphatic rings. The third-order valence-electron chi connectivity index (χ3n) is 9.57. The Morgan fingerprint density at radius 3 is 1.73 bits per heavy atom. The Balaban J connectivity index is 1.24. The molecule has 0 aliphatic carbocycles. The van der Waals surface area contributed by atoms with Crippen molar-refractivity contribution < 1.29 is 15.4 Å². The van der Waals surface area contributed by atoms with E-state index in [0.29, 0.717) is 38.8 Å². The zero-order chi connectivity index (χ0) is 41.4. The summed E-state index contributed by atoms with van der Waals surface area (Å²) in [5, 5.41) is 5.22. The average molecular weight is 672 g/mol. The summed E-state index contributed by atoms with van der Waals surface area (Å²) in [6.45, 7) is 0. The second kappa shape index (κ2) is 12.5. The SMILES string of the molecule is [2H]c1c([2H])c(N(c2c([2H])c([2H])c(-c3cccc(-c4ccc5ccccc5c4)c3)c([2H])c2[2H])c2cccc3oc4c5ccccc5ccc4c23)c([2H])c([2H])c1-c1ccccc1. The van der Waals surface area contributed by atoms with E-state index < -0.39 is 24.2 Å². The summed E-state index contributed by atoms with van der Waals surface area (Å²) in [5.74, 6) is 0. The molecule has 9 aromatic carbocycles. The van der Waals surface area contributed by atoms with Crippen LogP contribution in [0.25, 0.3) is 76.9 Å². The number of hydrogen-bond acceptors (Lipinski definition) is 2. The van der Waals surface area contributed by atoms with Crippen LogP contribution in [0.4, 0.5) is 17.1 Å². The van der Waals surface area contributed by atoms with Crippen LogP contribution >= 0.6 is 0 Å². The molecule has 244 valence electrons. The van der Waals surface area contributed by atoms with Gasteiger partial charge < -0.3 is 9.32 Å². The molecule has 10 rings (SSSR count). The number of benzene rings is 9. The van der Waals surface area contributed by atoms with Crippen LogP contribution in [0.15, 0.2) is 204 Å². The van der Waals surface area contributed by atoms with Gasteiger partial charge in [-0.15, -0.1) is 0 Å². The van der Waals surface area contributed by atoms with Gasteiger partial charge in [0.15, 0.2) is 0 Å². The third-order valence-corrected chi connectivity index (χ3v) is 9.57. The van der Waals surface area contributed by atoms with Crippen LogP contribution in [0, 0.1) is 0 Å². The second-order valence-electron chi connectivity index (χ2n) is 12.7. The van der Waals surface area contributed by atoms with Crippen LogP contribution in [0.2, 0.25) is 0 Å². The van der Waals surface area contributed by atoms with Crippen molar-refractivity contribution in [3.8, 4) is 33.4 Å². The molecular weight excluding hydrogens is 631 g/mol. The van der Waals surface area contributed by atoms with E-state index >= 15 is 0 Å². The first kappa shape index (κ1) is 22.7. The van der Waals surface area contributed by atoms with Crippen molar-refractivity contribution in [2.45, 2.75) is 0 Å². The lowest BCUT2D eigenvalue weighted by Gasteiger charge is -2.26. The van der Waals surface area contributed by atoms with Gasteiger partial charge in [0, 0.05) is 22.1 Å². The summed E-state index contributed by atoms with van der Waals surface area (Å²) < 4.78 is 82.3. The lowest BCUT2D eigenvalue weighted by Crippen LogP contribution is -2.10. The van der Waals surface area contributed by atoms with Gasteiger partial charge in [-0.2, -0.15) is 0 Å². The lowest BCUT2D eigenvalue weighted by molar-refractivity contribution is 0.672. The van der Waals surface area contributed by atoms with Gasteiger partial charge in [-0.1, -0.05) is 145 Å². The van der Waals surface area contributed by atoms with E-state index in [2.05, 4.69) is 6.07 Å². The van der Waals surface area contributed by atoms with Gasteiger partial charge in [-0.25, -0.2) is 0 Å². The van der Waals surface area contributed by atoms with Crippen LogP contribution < -0.4 is 4.90 Å². The molecule has 2 heteroatoms. The molecular formula is C50H33NO. The Morgan fingerprint density at radius 1 is 0.385 bits per heavy atom. The van der Waals surface area contributed by atoms with Gasteiger partial charge in [0.2, 0.25) is 0 Å². The smallest absolute Gasteiger partial charge is 0.143 e. The monoisotopic (exact) mass is 671 g/mol. The highest BCUT2D eigenvalue weighted by Crippen LogP contribution is 2.45. The molecule has 0 unspecified atom stereocenters. The second-order valence-corrected chi connectivity index (χ2v) is 12.7. The maximum Gasteiger partial charge on any atom is 0.143 e. The van der Waals surface area contributed by atoms with E-state index in [4.69, 9.17) is 4.42 Å². The standard InChI is InChI=1S/C50H33NO/c1-2-10-34(11-3-1)36-22-27-43(28-23-36)51(47-18-9-19-48-49(47)46-31-26-38-13-6-7-17-45(38)50(46)52-48)44-29-24-37(25-30-44)40-15-8-16-41(32-40)42-21-20-35-12-4-5-14-39(35)33-42/h1-33H/i22D,23D,24D,25D,27D,28D,29D,30D. The van der Waals surface area contributed by atoms with Crippen LogP contribution in [0.5, 0.6) is 0 Å². The van der Waals surface area contributed by atoms with Gasteiger partial charge in [0.25, 0.3) is 0 Å². The molecule has 10 aromatic rings. The first-order valence-electron chi connectivity index (χ1n) is 21.1. The molecule has 1 aromatic heterocycles. The maximum absolute atomic E-state index is 9.65. The van der Waals surface area contributed by atoms with Crippen molar-refractivity contribution >= 4 is 60.5 Å². The summed E-state index contributed by atoms with van der Waals surface area (Å²) >= 11 is 0. The van der Waals surface area contributed by atoms with Gasteiger partial charge in [-0.05, 0) is 104 Å². The molecule has 0 spiro atoms. The lowest BCUT2D eigenvalue weighted by atomic mass is 9.97. The first-order valence-corrected chi connectivity index (χ1v) is 17.1. The number of rotatable bonds is 6. The minimum absolute atomic E-state index is 0.0914. The molecule has 0 fully saturated rings. The minimum atomic E-state index is -0.415. The molecule has 0 aliphatic heterocycles. The van der Waals surface area contributed by atoms with Crippen molar-refractivity contribution in [3.63, 3.8) is 0 Å². The number of furan rings is 1. The van der Waals surface area contributed by atoms with Crippen LogP contribution in [0.3, 0.4) is 0 Å². The summed E-state index contributed by atoms with van der Waals surface area (Å²) in [6.07, 6.45) is 0. The minimum Gasteiger partial charge on any atom is -0.455 e. The fraction of sp³-hybridized carbons (Fsp3) is 0. The first-order chi connectivity index (χ1) is 29.1. The summed E-state index contributed by atoms with van der Waals surface area (Å²) in [4.78, 5) is 1.36. The predicted molar refractivity (Wildman–Crippen MR) is 220 cm³/mol. The number of nitrogens with zero attached hydrogens (tertiary/aromatic N) is 1.